The molecule has 0 radical (unpaired) electrons. The molecule has 1 heterocycles. The monoisotopic (exact) mass is 326 g/mol. The van der Waals surface area contributed by atoms with Crippen molar-refractivity contribution in [3.05, 3.63) is 0 Å². The third-order valence-electron chi connectivity index (χ3n) is 4.59. The van der Waals surface area contributed by atoms with Crippen molar-refractivity contribution in [3.63, 3.8) is 0 Å². The van der Waals surface area contributed by atoms with Gasteiger partial charge < -0.3 is 15.1 Å². The van der Waals surface area contributed by atoms with E-state index in [0.29, 0.717) is 19.5 Å². The summed E-state index contributed by atoms with van der Waals surface area (Å²) in [5.41, 5.74) is -1.27. The molecule has 0 bridgehead atoms. The van der Waals surface area contributed by atoms with Gasteiger partial charge in [-0.2, -0.15) is 0 Å². The van der Waals surface area contributed by atoms with E-state index in [4.69, 9.17) is 5.11 Å². The molecule has 0 saturated carbocycles. The number of carbonyl (C=O) groups is 1. The molecule has 0 aliphatic carbocycles. The van der Waals surface area contributed by atoms with Gasteiger partial charge in [-0.1, -0.05) is 64.7 Å². The fraction of sp³-hybridized carbons (Fsp3) is 0.889. The van der Waals surface area contributed by atoms with Gasteiger partial charge in [-0.3, -0.25) is 9.79 Å². The van der Waals surface area contributed by atoms with Gasteiger partial charge in [0, 0.05) is 6.54 Å². The van der Waals surface area contributed by atoms with Gasteiger partial charge in [-0.05, 0) is 12.8 Å². The maximum Gasteiger partial charge on any atom is 0.308 e. The molecule has 0 spiro atoms. The Labute approximate surface area is 140 Å². The molecule has 1 unspecified atom stereocenters. The molecule has 1 rings (SSSR count). The molecule has 1 atom stereocenters. The van der Waals surface area contributed by atoms with Crippen molar-refractivity contribution in [1.82, 2.24) is 4.90 Å². The summed E-state index contributed by atoms with van der Waals surface area (Å²) in [6.45, 7) is 3.49. The minimum atomic E-state index is -1.27. The molecule has 0 amide bonds. The van der Waals surface area contributed by atoms with Crippen molar-refractivity contribution in [1.29, 1.82) is 0 Å². The number of nitrogens with zero attached hydrogens (tertiary/aromatic N) is 2. The summed E-state index contributed by atoms with van der Waals surface area (Å²) in [4.78, 5) is 16.8. The standard InChI is InChI=1S/C18H34N2O3/c1-2-3-4-5-6-7-8-9-10-11-12-18(23,15-17(21)22)20-14-13-19-16-20/h16,23H,2-15H2,1H3,(H,21,22). The van der Waals surface area contributed by atoms with E-state index in [1.54, 1.807) is 11.2 Å². The maximum absolute atomic E-state index is 11.0. The largest absolute Gasteiger partial charge is 0.481 e. The number of carboxylic acids is 1. The molecule has 0 saturated heterocycles. The molecule has 0 aromatic carbocycles. The Bertz CT molecular complexity index is 360. The van der Waals surface area contributed by atoms with Crippen molar-refractivity contribution in [2.45, 2.75) is 89.7 Å². The number of aliphatic imine (C=N–C) groups is 1. The summed E-state index contributed by atoms with van der Waals surface area (Å²) >= 11 is 0. The van der Waals surface area contributed by atoms with Gasteiger partial charge in [0.2, 0.25) is 0 Å². The van der Waals surface area contributed by atoms with Crippen LogP contribution < -0.4 is 0 Å². The maximum atomic E-state index is 11.0. The highest BCUT2D eigenvalue weighted by atomic mass is 16.4. The van der Waals surface area contributed by atoms with E-state index in [1.807, 2.05) is 0 Å². The van der Waals surface area contributed by atoms with Crippen LogP contribution in [0.3, 0.4) is 0 Å². The lowest BCUT2D eigenvalue weighted by Crippen LogP contribution is -2.48. The van der Waals surface area contributed by atoms with Crippen LogP contribution in [0.25, 0.3) is 0 Å². The third-order valence-corrected chi connectivity index (χ3v) is 4.59. The van der Waals surface area contributed by atoms with Crippen LogP contribution in [-0.2, 0) is 4.79 Å². The molecule has 5 heteroatoms. The van der Waals surface area contributed by atoms with Gasteiger partial charge in [-0.25, -0.2) is 0 Å². The van der Waals surface area contributed by atoms with Gasteiger partial charge in [0.1, 0.15) is 5.72 Å². The van der Waals surface area contributed by atoms with E-state index < -0.39 is 11.7 Å². The Morgan fingerprint density at radius 3 is 2.13 bits per heavy atom. The summed E-state index contributed by atoms with van der Waals surface area (Å²) < 4.78 is 0. The zero-order chi connectivity index (χ0) is 17.0. The van der Waals surface area contributed by atoms with E-state index in [0.717, 1.165) is 12.8 Å². The third kappa shape index (κ3) is 8.35. The van der Waals surface area contributed by atoms with Crippen LogP contribution >= 0.6 is 0 Å². The Hall–Kier alpha value is -1.10. The smallest absolute Gasteiger partial charge is 0.308 e. The van der Waals surface area contributed by atoms with Crippen LogP contribution in [0, 0.1) is 0 Å². The number of aliphatic carboxylic acids is 1. The lowest BCUT2D eigenvalue weighted by Gasteiger charge is -2.35. The van der Waals surface area contributed by atoms with Crippen LogP contribution in [0.5, 0.6) is 0 Å². The van der Waals surface area contributed by atoms with Gasteiger partial charge in [0.05, 0.1) is 19.3 Å². The molecule has 23 heavy (non-hydrogen) atoms. The Balaban J connectivity index is 2.13. The van der Waals surface area contributed by atoms with Crippen molar-refractivity contribution >= 4 is 12.3 Å². The van der Waals surface area contributed by atoms with Crippen molar-refractivity contribution in [3.8, 4) is 0 Å². The molecule has 5 nitrogen and oxygen atoms in total. The second kappa shape index (κ2) is 11.4. The molecule has 0 fully saturated rings. The van der Waals surface area contributed by atoms with Crippen LogP contribution in [-0.4, -0.2) is 46.2 Å². The van der Waals surface area contributed by atoms with Gasteiger partial charge >= 0.3 is 5.97 Å². The normalized spacial score (nSPS) is 16.7. The predicted octanol–water partition coefficient (Wildman–Crippen LogP) is 3.80. The zero-order valence-corrected chi connectivity index (χ0v) is 14.7. The number of hydrogen-bond acceptors (Lipinski definition) is 4. The average molecular weight is 326 g/mol. The number of carboxylic acid groups (broad SMARTS) is 1. The molecule has 0 aromatic heterocycles. The van der Waals surface area contributed by atoms with E-state index in [1.165, 1.54) is 51.4 Å². The number of unbranched alkanes of at least 4 members (excludes halogenated alkanes) is 9. The summed E-state index contributed by atoms with van der Waals surface area (Å²) in [6.07, 6.45) is 14.2. The number of aliphatic hydroxyl groups is 1. The summed E-state index contributed by atoms with van der Waals surface area (Å²) in [7, 11) is 0. The van der Waals surface area contributed by atoms with E-state index >= 15 is 0 Å². The van der Waals surface area contributed by atoms with E-state index in [9.17, 15) is 9.90 Å². The van der Waals surface area contributed by atoms with Crippen LogP contribution in [0.1, 0.15) is 84.0 Å². The first-order valence-electron chi connectivity index (χ1n) is 9.29. The van der Waals surface area contributed by atoms with Gasteiger partial charge in [0.15, 0.2) is 0 Å². The van der Waals surface area contributed by atoms with Crippen molar-refractivity contribution < 1.29 is 15.0 Å². The Morgan fingerprint density at radius 1 is 1.09 bits per heavy atom. The second-order valence-corrected chi connectivity index (χ2v) is 6.70. The predicted molar refractivity (Wildman–Crippen MR) is 93.7 cm³/mol. The fourth-order valence-corrected chi connectivity index (χ4v) is 3.17. The highest BCUT2D eigenvalue weighted by molar-refractivity contribution is 5.69. The highest BCUT2D eigenvalue weighted by Gasteiger charge is 2.36. The van der Waals surface area contributed by atoms with Crippen molar-refractivity contribution in [2.24, 2.45) is 4.99 Å². The van der Waals surface area contributed by atoms with Gasteiger partial charge in [-0.15, -0.1) is 0 Å². The van der Waals surface area contributed by atoms with Gasteiger partial charge in [0.25, 0.3) is 0 Å². The fourth-order valence-electron chi connectivity index (χ4n) is 3.17. The first kappa shape index (κ1) is 19.9. The zero-order valence-electron chi connectivity index (χ0n) is 14.7. The topological polar surface area (TPSA) is 73.1 Å². The Kier molecular flexibility index (Phi) is 9.92. The lowest BCUT2D eigenvalue weighted by atomic mass is 9.98. The SMILES string of the molecule is CCCCCCCCCCCCC(O)(CC(=O)O)N1C=NCC1. The van der Waals surface area contributed by atoms with Crippen LogP contribution in [0.15, 0.2) is 4.99 Å². The first-order valence-corrected chi connectivity index (χ1v) is 9.29. The molecule has 0 aromatic rings. The number of rotatable bonds is 14. The molecule has 1 aliphatic rings. The van der Waals surface area contributed by atoms with E-state index in [-0.39, 0.29) is 6.42 Å². The first-order chi connectivity index (χ1) is 11.1. The molecule has 2 N–H and O–H groups in total. The summed E-state index contributed by atoms with van der Waals surface area (Å²) in [5, 5.41) is 19.7. The molecular weight excluding hydrogens is 292 g/mol. The average Bonchev–Trinajstić information content (AvgIpc) is 3.03. The van der Waals surface area contributed by atoms with Crippen LogP contribution in [0.4, 0.5) is 0 Å². The second-order valence-electron chi connectivity index (χ2n) is 6.70. The van der Waals surface area contributed by atoms with Crippen LogP contribution in [0.2, 0.25) is 0 Å². The quantitative estimate of drug-likeness (QED) is 0.476. The minimum absolute atomic E-state index is 0.240. The lowest BCUT2D eigenvalue weighted by molar-refractivity contribution is -0.150. The molecule has 134 valence electrons. The number of hydrogen-bond donors (Lipinski definition) is 2. The molecular formula is C18H34N2O3. The minimum Gasteiger partial charge on any atom is -0.481 e. The highest BCUT2D eigenvalue weighted by Crippen LogP contribution is 2.25. The van der Waals surface area contributed by atoms with E-state index in [2.05, 4.69) is 11.9 Å². The molecule has 1 aliphatic heterocycles. The van der Waals surface area contributed by atoms with Crippen molar-refractivity contribution in [2.75, 3.05) is 13.1 Å². The summed E-state index contributed by atoms with van der Waals surface area (Å²) in [5.74, 6) is -0.958. The Morgan fingerprint density at radius 2 is 1.65 bits per heavy atom. The summed E-state index contributed by atoms with van der Waals surface area (Å²) in [6, 6.07) is 0.